The molecule has 0 radical (unpaired) electrons. The maximum atomic E-state index is 11.9. The van der Waals surface area contributed by atoms with Gasteiger partial charge in [0.05, 0.1) is 13.2 Å². The van der Waals surface area contributed by atoms with Crippen LogP contribution in [0.15, 0.2) is 24.3 Å². The Hall–Kier alpha value is -1.72. The van der Waals surface area contributed by atoms with Crippen LogP contribution in [0.3, 0.4) is 0 Å². The first-order chi connectivity index (χ1) is 8.07. The van der Waals surface area contributed by atoms with Crippen LogP contribution in [-0.2, 0) is 9.53 Å². The molecule has 0 fully saturated rings. The standard InChI is InChI=1S/C12H16N2O3/c1-9-5-3-4-6-10(9)11(15)12(16)14(13)7-8-17-2/h3-6H,7-8,13H2,1-2H3. The number of carbonyl (C=O) groups is 2. The molecule has 0 aromatic heterocycles. The van der Waals surface area contributed by atoms with Gasteiger partial charge in [0.15, 0.2) is 0 Å². The number of aryl methyl sites for hydroxylation is 1. The smallest absolute Gasteiger partial charge is 0.308 e. The quantitative estimate of drug-likeness (QED) is 0.266. The maximum Gasteiger partial charge on any atom is 0.308 e. The van der Waals surface area contributed by atoms with Gasteiger partial charge in [-0.25, -0.2) is 5.84 Å². The zero-order chi connectivity index (χ0) is 12.8. The highest BCUT2D eigenvalue weighted by Crippen LogP contribution is 2.08. The number of nitrogens with zero attached hydrogens (tertiary/aromatic N) is 1. The lowest BCUT2D eigenvalue weighted by atomic mass is 10.0. The molecule has 0 saturated heterocycles. The molecule has 17 heavy (non-hydrogen) atoms. The van der Waals surface area contributed by atoms with Crippen LogP contribution in [0.1, 0.15) is 15.9 Å². The summed E-state index contributed by atoms with van der Waals surface area (Å²) in [5, 5.41) is 0.873. The molecule has 0 atom stereocenters. The van der Waals surface area contributed by atoms with Crippen molar-refractivity contribution >= 4 is 11.7 Å². The van der Waals surface area contributed by atoms with E-state index in [2.05, 4.69) is 0 Å². The topological polar surface area (TPSA) is 72.6 Å². The van der Waals surface area contributed by atoms with E-state index in [0.717, 1.165) is 10.6 Å². The summed E-state index contributed by atoms with van der Waals surface area (Å²) in [5.74, 6) is 4.15. The van der Waals surface area contributed by atoms with Gasteiger partial charge in [0.25, 0.3) is 5.78 Å². The fourth-order valence-electron chi connectivity index (χ4n) is 1.36. The zero-order valence-electron chi connectivity index (χ0n) is 9.97. The van der Waals surface area contributed by atoms with E-state index in [1.165, 1.54) is 7.11 Å². The number of hydrogen-bond donors (Lipinski definition) is 1. The Kier molecular flexibility index (Phi) is 4.81. The number of hydrogen-bond acceptors (Lipinski definition) is 4. The van der Waals surface area contributed by atoms with Crippen molar-refractivity contribution in [2.75, 3.05) is 20.3 Å². The van der Waals surface area contributed by atoms with Crippen LogP contribution in [0.5, 0.6) is 0 Å². The van der Waals surface area contributed by atoms with E-state index in [1.54, 1.807) is 25.1 Å². The second-order valence-corrected chi connectivity index (χ2v) is 3.64. The maximum absolute atomic E-state index is 11.9. The zero-order valence-corrected chi connectivity index (χ0v) is 9.97. The monoisotopic (exact) mass is 236 g/mol. The van der Waals surface area contributed by atoms with Gasteiger partial charge in [0, 0.05) is 12.7 Å². The van der Waals surface area contributed by atoms with Crippen molar-refractivity contribution in [2.24, 2.45) is 5.84 Å². The first kappa shape index (κ1) is 13.3. The van der Waals surface area contributed by atoms with Crippen LogP contribution < -0.4 is 5.84 Å². The van der Waals surface area contributed by atoms with Crippen LogP contribution in [0.25, 0.3) is 0 Å². The van der Waals surface area contributed by atoms with Crippen LogP contribution in [0.4, 0.5) is 0 Å². The van der Waals surface area contributed by atoms with Gasteiger partial charge in [0.2, 0.25) is 0 Å². The normalized spacial score (nSPS) is 10.1. The lowest BCUT2D eigenvalue weighted by Crippen LogP contribution is -2.43. The highest BCUT2D eigenvalue weighted by atomic mass is 16.5. The van der Waals surface area contributed by atoms with E-state index in [0.29, 0.717) is 12.2 Å². The fourth-order valence-corrected chi connectivity index (χ4v) is 1.36. The molecule has 1 rings (SSSR count). The Morgan fingerprint density at radius 2 is 2.00 bits per heavy atom. The number of Topliss-reactive ketones (excluding diaryl/α,β-unsaturated/α-hetero) is 1. The second kappa shape index (κ2) is 6.12. The molecular formula is C12H16N2O3. The number of nitrogens with two attached hydrogens (primary N) is 1. The fraction of sp³-hybridized carbons (Fsp3) is 0.333. The van der Waals surface area contributed by atoms with Crippen LogP contribution in [0, 0.1) is 6.92 Å². The van der Waals surface area contributed by atoms with E-state index in [-0.39, 0.29) is 6.54 Å². The molecule has 1 amide bonds. The summed E-state index contributed by atoms with van der Waals surface area (Å²) in [7, 11) is 1.50. The van der Waals surface area contributed by atoms with Crippen molar-refractivity contribution < 1.29 is 14.3 Å². The van der Waals surface area contributed by atoms with Gasteiger partial charge in [0.1, 0.15) is 0 Å². The molecule has 5 heteroatoms. The number of ketones is 1. The van der Waals surface area contributed by atoms with Crippen molar-refractivity contribution in [2.45, 2.75) is 6.92 Å². The number of benzene rings is 1. The molecule has 1 aromatic carbocycles. The Labute approximate surface area is 100 Å². The summed E-state index contributed by atoms with van der Waals surface area (Å²) < 4.78 is 4.79. The first-order valence-corrected chi connectivity index (χ1v) is 5.23. The van der Waals surface area contributed by atoms with E-state index >= 15 is 0 Å². The van der Waals surface area contributed by atoms with Gasteiger partial charge in [-0.15, -0.1) is 0 Å². The summed E-state index contributed by atoms with van der Waals surface area (Å²) in [5.41, 5.74) is 1.14. The van der Waals surface area contributed by atoms with Gasteiger partial charge in [-0.2, -0.15) is 0 Å². The number of amides is 1. The Bertz CT molecular complexity index is 418. The van der Waals surface area contributed by atoms with Gasteiger partial charge >= 0.3 is 5.91 Å². The molecule has 5 nitrogen and oxygen atoms in total. The predicted octanol–water partition coefficient (Wildman–Crippen LogP) is 0.526. The summed E-state index contributed by atoms with van der Waals surface area (Å²) in [6.45, 7) is 2.26. The minimum Gasteiger partial charge on any atom is -0.383 e. The number of methoxy groups -OCH3 is 1. The van der Waals surface area contributed by atoms with Gasteiger partial charge in [-0.3, -0.25) is 14.6 Å². The predicted molar refractivity (Wildman–Crippen MR) is 63.3 cm³/mol. The summed E-state index contributed by atoms with van der Waals surface area (Å²) in [6.07, 6.45) is 0. The molecule has 0 unspecified atom stereocenters. The Balaban J connectivity index is 2.77. The Morgan fingerprint density at radius 3 is 2.59 bits per heavy atom. The second-order valence-electron chi connectivity index (χ2n) is 3.64. The van der Waals surface area contributed by atoms with Crippen LogP contribution in [-0.4, -0.2) is 37.0 Å². The number of ether oxygens (including phenoxy) is 1. The molecule has 0 heterocycles. The number of carbonyl (C=O) groups excluding carboxylic acids is 2. The lowest BCUT2D eigenvalue weighted by Gasteiger charge is -2.15. The number of rotatable bonds is 5. The molecule has 2 N–H and O–H groups in total. The van der Waals surface area contributed by atoms with Gasteiger partial charge < -0.3 is 4.74 Å². The summed E-state index contributed by atoms with van der Waals surface area (Å²) >= 11 is 0. The van der Waals surface area contributed by atoms with Crippen molar-refractivity contribution in [3.05, 3.63) is 35.4 Å². The van der Waals surface area contributed by atoms with Gasteiger partial charge in [-0.05, 0) is 12.5 Å². The molecule has 92 valence electrons. The van der Waals surface area contributed by atoms with Gasteiger partial charge in [-0.1, -0.05) is 24.3 Å². The molecule has 0 aliphatic heterocycles. The summed E-state index contributed by atoms with van der Waals surface area (Å²) in [4.78, 5) is 23.6. The minimum absolute atomic E-state index is 0.187. The minimum atomic E-state index is -0.726. The first-order valence-electron chi connectivity index (χ1n) is 5.23. The third-order valence-electron chi connectivity index (χ3n) is 2.38. The highest BCUT2D eigenvalue weighted by Gasteiger charge is 2.21. The van der Waals surface area contributed by atoms with Crippen molar-refractivity contribution in [3.8, 4) is 0 Å². The highest BCUT2D eigenvalue weighted by molar-refractivity contribution is 6.42. The van der Waals surface area contributed by atoms with E-state index in [9.17, 15) is 9.59 Å². The summed E-state index contributed by atoms with van der Waals surface area (Å²) in [6, 6.07) is 6.90. The largest absolute Gasteiger partial charge is 0.383 e. The molecule has 1 aromatic rings. The van der Waals surface area contributed by atoms with Crippen molar-refractivity contribution in [1.29, 1.82) is 0 Å². The van der Waals surface area contributed by atoms with Crippen LogP contribution >= 0.6 is 0 Å². The van der Waals surface area contributed by atoms with E-state index < -0.39 is 11.7 Å². The van der Waals surface area contributed by atoms with Crippen molar-refractivity contribution in [3.63, 3.8) is 0 Å². The third-order valence-corrected chi connectivity index (χ3v) is 2.38. The molecule has 0 aliphatic rings. The third kappa shape index (κ3) is 3.37. The SMILES string of the molecule is COCCN(N)C(=O)C(=O)c1ccccc1C. The molecular weight excluding hydrogens is 220 g/mol. The average molecular weight is 236 g/mol. The van der Waals surface area contributed by atoms with E-state index in [1.807, 2.05) is 6.07 Å². The molecule has 0 bridgehead atoms. The Morgan fingerprint density at radius 1 is 1.35 bits per heavy atom. The van der Waals surface area contributed by atoms with Crippen molar-refractivity contribution in [1.82, 2.24) is 5.01 Å². The lowest BCUT2D eigenvalue weighted by molar-refractivity contribution is -0.127. The average Bonchev–Trinajstić information content (AvgIpc) is 2.34. The van der Waals surface area contributed by atoms with E-state index in [4.69, 9.17) is 10.6 Å². The molecule has 0 saturated carbocycles. The number of hydrazine groups is 1. The molecule has 0 aliphatic carbocycles. The van der Waals surface area contributed by atoms with Crippen LogP contribution in [0.2, 0.25) is 0 Å². The molecule has 0 spiro atoms.